The molecular formula is C39H39N5O2. The Morgan fingerprint density at radius 1 is 0.587 bits per heavy atom. The quantitative estimate of drug-likeness (QED) is 0.268. The second-order valence-corrected chi connectivity index (χ2v) is 13.0. The molecule has 0 N–H and O–H groups in total. The van der Waals surface area contributed by atoms with E-state index in [0.717, 1.165) is 46.5 Å². The third kappa shape index (κ3) is 7.33. The van der Waals surface area contributed by atoms with Gasteiger partial charge in [-0.25, -0.2) is 0 Å². The van der Waals surface area contributed by atoms with Crippen LogP contribution in [0.25, 0.3) is 0 Å². The van der Waals surface area contributed by atoms with Crippen LogP contribution >= 0.6 is 0 Å². The highest BCUT2D eigenvalue weighted by atomic mass is 16.2. The smallest absolute Gasteiger partial charge is 0.231 e. The molecular weight excluding hydrogens is 570 g/mol. The van der Waals surface area contributed by atoms with E-state index in [9.17, 15) is 9.59 Å². The van der Waals surface area contributed by atoms with Gasteiger partial charge >= 0.3 is 0 Å². The molecule has 2 amide bonds. The summed E-state index contributed by atoms with van der Waals surface area (Å²) in [6.07, 6.45) is 8.52. The van der Waals surface area contributed by atoms with E-state index in [1.807, 2.05) is 90.6 Å². The van der Waals surface area contributed by atoms with Crippen molar-refractivity contribution in [1.82, 2.24) is 24.8 Å². The average molecular weight is 610 g/mol. The number of carbonyl (C=O) groups is 2. The Morgan fingerprint density at radius 3 is 1.39 bits per heavy atom. The van der Waals surface area contributed by atoms with Crippen molar-refractivity contribution >= 4 is 11.8 Å². The summed E-state index contributed by atoms with van der Waals surface area (Å²) in [7, 11) is 3.72. The van der Waals surface area contributed by atoms with E-state index in [-0.39, 0.29) is 34.7 Å². The summed E-state index contributed by atoms with van der Waals surface area (Å²) in [5.74, 6) is 12.3. The lowest BCUT2D eigenvalue weighted by Crippen LogP contribution is -2.37. The van der Waals surface area contributed by atoms with E-state index in [1.54, 1.807) is 24.8 Å². The Morgan fingerprint density at radius 2 is 1.02 bits per heavy atom. The Hall–Kier alpha value is -5.27. The first-order valence-corrected chi connectivity index (χ1v) is 15.4. The van der Waals surface area contributed by atoms with Crippen LogP contribution in [0.3, 0.4) is 0 Å². The maximum atomic E-state index is 12.4. The molecule has 2 aliphatic rings. The number of amides is 2. The Balaban J connectivity index is 0.000000181. The van der Waals surface area contributed by atoms with Crippen molar-refractivity contribution < 1.29 is 9.59 Å². The molecule has 7 nitrogen and oxygen atoms in total. The van der Waals surface area contributed by atoms with E-state index < -0.39 is 0 Å². The van der Waals surface area contributed by atoms with Gasteiger partial charge in [0, 0.05) is 72.2 Å². The van der Waals surface area contributed by atoms with Crippen molar-refractivity contribution in [2.45, 2.75) is 63.5 Å². The minimum atomic E-state index is -0.157. The van der Waals surface area contributed by atoms with Crippen molar-refractivity contribution in [1.29, 1.82) is 0 Å². The number of hydrogen-bond donors (Lipinski definition) is 0. The molecule has 2 unspecified atom stereocenters. The number of likely N-dealkylation sites (tertiary alicyclic amines) is 2. The summed E-state index contributed by atoms with van der Waals surface area (Å²) in [4.78, 5) is 41.3. The van der Waals surface area contributed by atoms with Gasteiger partial charge in [0.15, 0.2) is 0 Å². The van der Waals surface area contributed by atoms with E-state index in [4.69, 9.17) is 0 Å². The Labute approximate surface area is 272 Å². The van der Waals surface area contributed by atoms with Gasteiger partial charge in [-0.3, -0.25) is 24.5 Å². The summed E-state index contributed by atoms with van der Waals surface area (Å²) in [5.41, 5.74) is 4.94. The molecule has 6 rings (SSSR count). The fourth-order valence-electron chi connectivity index (χ4n) is 5.59. The molecule has 0 radical (unpaired) electrons. The van der Waals surface area contributed by atoms with Crippen LogP contribution in [0.2, 0.25) is 0 Å². The van der Waals surface area contributed by atoms with Crippen molar-refractivity contribution in [2.75, 3.05) is 14.1 Å². The normalized spacial score (nSPS) is 19.3. The van der Waals surface area contributed by atoms with Crippen LogP contribution in [0.5, 0.6) is 0 Å². The zero-order valence-corrected chi connectivity index (χ0v) is 27.3. The lowest BCUT2D eigenvalue weighted by molar-refractivity contribution is -0.131. The van der Waals surface area contributed by atoms with Crippen LogP contribution in [0.1, 0.15) is 86.0 Å². The summed E-state index contributed by atoms with van der Waals surface area (Å²) in [5, 5.41) is 0. The highest BCUT2D eigenvalue weighted by molar-refractivity contribution is 5.87. The van der Waals surface area contributed by atoms with Crippen LogP contribution in [-0.2, 0) is 9.59 Å². The third-order valence-electron chi connectivity index (χ3n) is 8.91. The molecule has 2 aliphatic heterocycles. The number of rotatable bonds is 2. The molecule has 0 spiro atoms. The fraction of sp³-hybridized carbons (Fsp3) is 0.308. The van der Waals surface area contributed by atoms with Crippen molar-refractivity contribution in [3.05, 3.63) is 125 Å². The zero-order chi connectivity index (χ0) is 32.9. The molecule has 0 aliphatic carbocycles. The lowest BCUT2D eigenvalue weighted by atomic mass is 9.93. The maximum Gasteiger partial charge on any atom is 0.231 e. The standard InChI is InChI=1S/C20H20N2O.C19H19N3O/c1-20(2)13-17(19(23)22(20)3)18-12-11-16(14-21-18)10-9-15-7-5-4-6-8-15;1-19(2)11-16(18(23)22(19)3)17-9-8-15(13-21-17)7-6-14-5-4-10-20-12-14/h4-8,11-12,14,17H,13H2,1-3H3;4-5,8-10,12-13,16H,11H2,1-3H3. The van der Waals surface area contributed by atoms with Gasteiger partial charge in [-0.05, 0) is 89.1 Å². The Kier molecular flexibility index (Phi) is 9.35. The molecule has 2 fully saturated rings. The van der Waals surface area contributed by atoms with Gasteiger partial charge in [0.2, 0.25) is 11.8 Å². The number of hydrogen-bond acceptors (Lipinski definition) is 5. The highest BCUT2D eigenvalue weighted by Gasteiger charge is 2.44. The molecule has 232 valence electrons. The maximum absolute atomic E-state index is 12.4. The van der Waals surface area contributed by atoms with Crippen molar-refractivity contribution in [3.8, 4) is 23.7 Å². The summed E-state index contributed by atoms with van der Waals surface area (Å²) in [6, 6.07) is 21.3. The molecule has 0 bridgehead atoms. The molecule has 5 heterocycles. The van der Waals surface area contributed by atoms with Crippen LogP contribution in [-0.4, -0.2) is 61.7 Å². The third-order valence-corrected chi connectivity index (χ3v) is 8.91. The monoisotopic (exact) mass is 609 g/mol. The van der Waals surface area contributed by atoms with Gasteiger partial charge in [0.25, 0.3) is 0 Å². The van der Waals surface area contributed by atoms with Crippen LogP contribution < -0.4 is 0 Å². The van der Waals surface area contributed by atoms with Gasteiger partial charge in [-0.1, -0.05) is 41.9 Å². The second kappa shape index (κ2) is 13.4. The summed E-state index contributed by atoms with van der Waals surface area (Å²) in [6.45, 7) is 8.34. The topological polar surface area (TPSA) is 79.3 Å². The lowest BCUT2D eigenvalue weighted by Gasteiger charge is -2.26. The van der Waals surface area contributed by atoms with Gasteiger partial charge in [0.05, 0.1) is 23.2 Å². The number of benzene rings is 1. The van der Waals surface area contributed by atoms with E-state index in [2.05, 4.69) is 66.3 Å². The van der Waals surface area contributed by atoms with Crippen molar-refractivity contribution in [2.24, 2.45) is 0 Å². The molecule has 7 heteroatoms. The first-order chi connectivity index (χ1) is 21.9. The molecule has 2 atom stereocenters. The van der Waals surface area contributed by atoms with Crippen LogP contribution in [0.15, 0.2) is 91.5 Å². The first kappa shape index (κ1) is 32.1. The molecule has 3 aromatic heterocycles. The van der Waals surface area contributed by atoms with E-state index in [0.29, 0.717) is 0 Å². The SMILES string of the molecule is CN1C(=O)C(c2ccc(C#Cc3ccccc3)cn2)CC1(C)C.CN1C(=O)C(c2ccc(C#Cc3cccnc3)cn2)CC1(C)C. The van der Waals surface area contributed by atoms with Crippen molar-refractivity contribution in [3.63, 3.8) is 0 Å². The predicted molar refractivity (Wildman–Crippen MR) is 180 cm³/mol. The average Bonchev–Trinajstić information content (AvgIpc) is 3.41. The fourth-order valence-corrected chi connectivity index (χ4v) is 5.59. The summed E-state index contributed by atoms with van der Waals surface area (Å²) < 4.78 is 0. The first-order valence-electron chi connectivity index (χ1n) is 15.4. The molecule has 46 heavy (non-hydrogen) atoms. The number of carbonyl (C=O) groups excluding carboxylic acids is 2. The molecule has 0 saturated carbocycles. The highest BCUT2D eigenvalue weighted by Crippen LogP contribution is 2.38. The number of aromatic nitrogens is 3. The van der Waals surface area contributed by atoms with Gasteiger partial charge < -0.3 is 9.80 Å². The number of pyridine rings is 3. The van der Waals surface area contributed by atoms with E-state index in [1.165, 1.54) is 0 Å². The van der Waals surface area contributed by atoms with Crippen LogP contribution in [0, 0.1) is 23.7 Å². The zero-order valence-electron chi connectivity index (χ0n) is 27.3. The van der Waals surface area contributed by atoms with Crippen LogP contribution in [0.4, 0.5) is 0 Å². The Bertz CT molecular complexity index is 1670. The second-order valence-electron chi connectivity index (χ2n) is 13.0. The predicted octanol–water partition coefficient (Wildman–Crippen LogP) is 5.81. The molecule has 1 aromatic carbocycles. The largest absolute Gasteiger partial charge is 0.340 e. The van der Waals surface area contributed by atoms with Gasteiger partial charge in [-0.2, -0.15) is 0 Å². The summed E-state index contributed by atoms with van der Waals surface area (Å²) >= 11 is 0. The number of likely N-dealkylation sites (N-methyl/N-ethyl adjacent to an activating group) is 2. The minimum absolute atomic E-state index is 0.116. The van der Waals surface area contributed by atoms with Gasteiger partial charge in [-0.15, -0.1) is 0 Å². The van der Waals surface area contributed by atoms with E-state index >= 15 is 0 Å². The number of nitrogens with zero attached hydrogens (tertiary/aromatic N) is 5. The molecule has 2 saturated heterocycles. The molecule has 4 aromatic rings. The minimum Gasteiger partial charge on any atom is -0.340 e. The van der Waals surface area contributed by atoms with Gasteiger partial charge in [0.1, 0.15) is 0 Å².